The van der Waals surface area contributed by atoms with Gasteiger partial charge in [-0.2, -0.15) is 0 Å². The maximum absolute atomic E-state index is 12.2. The number of aryl methyl sites for hydroxylation is 2. The lowest BCUT2D eigenvalue weighted by Crippen LogP contribution is -2.42. The summed E-state index contributed by atoms with van der Waals surface area (Å²) in [6.07, 6.45) is 0.618. The van der Waals surface area contributed by atoms with Gasteiger partial charge in [0.15, 0.2) is 7.91 Å². The zero-order chi connectivity index (χ0) is 20.2. The smallest absolute Gasteiger partial charge is 0.225 e. The fraction of sp³-hybridized carbons (Fsp3) is 0.529. The van der Waals surface area contributed by atoms with Crippen LogP contribution in [0.4, 0.5) is 0 Å². The predicted molar refractivity (Wildman–Crippen MR) is 116 cm³/mol. The van der Waals surface area contributed by atoms with Crippen LogP contribution in [-0.2, 0) is 22.4 Å². The van der Waals surface area contributed by atoms with Crippen molar-refractivity contribution in [3.8, 4) is 0 Å². The van der Waals surface area contributed by atoms with E-state index >= 15 is 0 Å². The Bertz CT molecular complexity index is 861. The fourth-order valence-corrected chi connectivity index (χ4v) is 4.95. The molecule has 2 heterocycles. The third-order valence-corrected chi connectivity index (χ3v) is 6.69. The molecule has 6 nitrogen and oxygen atoms in total. The summed E-state index contributed by atoms with van der Waals surface area (Å²) in [6.45, 7) is 8.79. The third kappa shape index (κ3) is 6.95. The van der Waals surface area contributed by atoms with Crippen molar-refractivity contribution >= 4 is 58.9 Å². The summed E-state index contributed by atoms with van der Waals surface area (Å²) in [7, 11) is 0. The number of aromatic nitrogens is 2. The number of hydrogen-bond donors (Lipinski definition) is 4. The molecule has 2 rings (SSSR count). The summed E-state index contributed by atoms with van der Waals surface area (Å²) in [5.74, 6) is -0.101. The molecule has 0 radical (unpaired) electrons. The van der Waals surface area contributed by atoms with E-state index in [0.717, 1.165) is 21.1 Å². The molecule has 0 aliphatic rings. The zero-order valence-electron chi connectivity index (χ0n) is 15.8. The number of carbonyl (C=O) groups excluding carboxylic acids is 2. The number of rotatable bonds is 8. The molecule has 2 aromatic heterocycles. The second-order valence-corrected chi connectivity index (χ2v) is 10.7. The molecule has 2 aromatic rings. The Morgan fingerprint density at radius 2 is 1.26 bits per heavy atom. The second-order valence-electron chi connectivity index (χ2n) is 7.20. The summed E-state index contributed by atoms with van der Waals surface area (Å²) in [6, 6.07) is 0. The van der Waals surface area contributed by atoms with Gasteiger partial charge in [-0.25, -0.2) is 0 Å². The maximum Gasteiger partial charge on any atom is 0.225 e. The quantitative estimate of drug-likeness (QED) is 0.469. The molecule has 2 amide bonds. The zero-order valence-corrected chi connectivity index (χ0v) is 19.0. The van der Waals surface area contributed by atoms with Gasteiger partial charge in [-0.15, -0.1) is 22.7 Å². The minimum absolute atomic E-state index is 0.0505. The lowest BCUT2D eigenvalue weighted by Gasteiger charge is -2.25. The van der Waals surface area contributed by atoms with Crippen molar-refractivity contribution in [2.24, 2.45) is 5.41 Å². The van der Waals surface area contributed by atoms with Crippen LogP contribution in [0.15, 0.2) is 0 Å². The minimum atomic E-state index is -0.259. The van der Waals surface area contributed by atoms with Gasteiger partial charge in [0.05, 0.1) is 12.8 Å². The van der Waals surface area contributed by atoms with Crippen molar-refractivity contribution in [3.05, 3.63) is 29.1 Å². The number of carbonyl (C=O) groups is 2. The number of aromatic amines is 2. The average molecular weight is 445 g/mol. The summed E-state index contributed by atoms with van der Waals surface area (Å²) in [4.78, 5) is 32.4. The molecule has 0 spiro atoms. The van der Waals surface area contributed by atoms with Gasteiger partial charge in [-0.3, -0.25) is 9.59 Å². The van der Waals surface area contributed by atoms with Crippen molar-refractivity contribution in [2.45, 2.75) is 40.5 Å². The van der Waals surface area contributed by atoms with Crippen LogP contribution >= 0.6 is 47.1 Å². The van der Waals surface area contributed by atoms with Crippen LogP contribution in [-0.4, -0.2) is 34.9 Å². The van der Waals surface area contributed by atoms with E-state index in [-0.39, 0.29) is 17.2 Å². The van der Waals surface area contributed by atoms with Crippen LogP contribution in [0.2, 0.25) is 0 Å². The molecule has 0 saturated carbocycles. The van der Waals surface area contributed by atoms with Gasteiger partial charge in [0.2, 0.25) is 11.8 Å². The highest BCUT2D eigenvalue weighted by atomic mass is 32.2. The van der Waals surface area contributed by atoms with Crippen LogP contribution in [0.3, 0.4) is 0 Å². The molecule has 0 bridgehead atoms. The first-order valence-corrected chi connectivity index (χ1v) is 10.9. The topological polar surface area (TPSA) is 89.8 Å². The Morgan fingerprint density at radius 3 is 1.56 bits per heavy atom. The molecule has 0 aromatic carbocycles. The second kappa shape index (κ2) is 9.22. The van der Waals surface area contributed by atoms with E-state index in [1.165, 1.54) is 22.7 Å². The molecule has 0 atom stereocenters. The normalized spacial score (nSPS) is 11.4. The highest BCUT2D eigenvalue weighted by molar-refractivity contribution is 7.73. The van der Waals surface area contributed by atoms with E-state index < -0.39 is 0 Å². The maximum atomic E-state index is 12.2. The van der Waals surface area contributed by atoms with Crippen molar-refractivity contribution in [1.82, 2.24) is 20.6 Å². The first-order chi connectivity index (χ1) is 12.6. The minimum Gasteiger partial charge on any atom is -0.355 e. The Hall–Kier alpha value is -1.36. The average Bonchev–Trinajstić information content (AvgIpc) is 3.04. The molecule has 4 N–H and O–H groups in total. The predicted octanol–water partition coefficient (Wildman–Crippen LogP) is 3.59. The number of amides is 2. The van der Waals surface area contributed by atoms with E-state index in [9.17, 15) is 9.59 Å². The molecular formula is C17H24N4O2S4. The first kappa shape index (κ1) is 21.9. The van der Waals surface area contributed by atoms with Crippen LogP contribution in [0.5, 0.6) is 0 Å². The lowest BCUT2D eigenvalue weighted by molar-refractivity contribution is -0.120. The van der Waals surface area contributed by atoms with Crippen LogP contribution in [0, 0.1) is 27.2 Å². The van der Waals surface area contributed by atoms with Gasteiger partial charge in [0, 0.05) is 34.2 Å². The fourth-order valence-electron chi connectivity index (χ4n) is 2.37. The van der Waals surface area contributed by atoms with Crippen LogP contribution < -0.4 is 10.6 Å². The molecule has 0 aliphatic heterocycles. The Kier molecular flexibility index (Phi) is 7.49. The molecule has 27 heavy (non-hydrogen) atoms. The summed E-state index contributed by atoms with van der Waals surface area (Å²) in [5.41, 5.74) is 1.62. The lowest BCUT2D eigenvalue weighted by atomic mass is 9.93. The molecule has 10 heteroatoms. The van der Waals surface area contributed by atoms with Crippen LogP contribution in [0.25, 0.3) is 0 Å². The number of thiazole rings is 2. The number of H-pyrrole nitrogens is 2. The van der Waals surface area contributed by atoms with E-state index in [4.69, 9.17) is 24.4 Å². The third-order valence-electron chi connectivity index (χ3n) is 4.02. The van der Waals surface area contributed by atoms with Gasteiger partial charge >= 0.3 is 0 Å². The van der Waals surface area contributed by atoms with E-state index in [0.29, 0.717) is 33.8 Å². The van der Waals surface area contributed by atoms with E-state index in [1.54, 1.807) is 0 Å². The van der Waals surface area contributed by atoms with Gasteiger partial charge in [0.1, 0.15) is 0 Å². The Morgan fingerprint density at radius 1 is 0.889 bits per heavy atom. The van der Waals surface area contributed by atoms with E-state index in [2.05, 4.69) is 20.6 Å². The SMILES string of the molecule is Cc1[nH]c(=S)sc1CC(=O)NCC(C)(C)CNC(=O)Cc1sc(=S)[nH]c1C. The van der Waals surface area contributed by atoms with Gasteiger partial charge in [-0.1, -0.05) is 13.8 Å². The van der Waals surface area contributed by atoms with Crippen LogP contribution in [0.1, 0.15) is 35.0 Å². The highest BCUT2D eigenvalue weighted by Crippen LogP contribution is 2.17. The number of nitrogens with one attached hydrogen (secondary N) is 4. The monoisotopic (exact) mass is 444 g/mol. The molecule has 0 fully saturated rings. The van der Waals surface area contributed by atoms with Crippen molar-refractivity contribution in [2.75, 3.05) is 13.1 Å². The van der Waals surface area contributed by atoms with Crippen molar-refractivity contribution in [3.63, 3.8) is 0 Å². The van der Waals surface area contributed by atoms with E-state index in [1.807, 2.05) is 27.7 Å². The Labute approximate surface area is 176 Å². The molecular weight excluding hydrogens is 420 g/mol. The molecule has 0 aliphatic carbocycles. The molecule has 0 unspecified atom stereocenters. The molecule has 148 valence electrons. The summed E-state index contributed by atoms with van der Waals surface area (Å²) < 4.78 is 1.36. The summed E-state index contributed by atoms with van der Waals surface area (Å²) >= 11 is 13.0. The van der Waals surface area contributed by atoms with Gasteiger partial charge < -0.3 is 20.6 Å². The van der Waals surface area contributed by atoms with Crippen molar-refractivity contribution < 1.29 is 9.59 Å². The summed E-state index contributed by atoms with van der Waals surface area (Å²) in [5, 5.41) is 5.89. The molecule has 0 saturated heterocycles. The van der Waals surface area contributed by atoms with Gasteiger partial charge in [-0.05, 0) is 43.7 Å². The van der Waals surface area contributed by atoms with Crippen molar-refractivity contribution in [1.29, 1.82) is 0 Å². The first-order valence-electron chi connectivity index (χ1n) is 8.46. The Balaban J connectivity index is 1.78. The number of hydrogen-bond acceptors (Lipinski definition) is 6. The largest absolute Gasteiger partial charge is 0.355 e. The standard InChI is InChI=1S/C17H24N4O2S4/c1-9-11(26-15(24)20-9)5-13(22)18-7-17(3,4)8-19-14(23)6-12-10(2)21-16(25)27-12/h5-8H2,1-4H3,(H,18,22)(H,19,23)(H,20,24)(H,21,25). The van der Waals surface area contributed by atoms with Gasteiger partial charge in [0.25, 0.3) is 0 Å². The highest BCUT2D eigenvalue weighted by Gasteiger charge is 2.21.